The molecule has 0 aromatic heterocycles. The Morgan fingerprint density at radius 2 is 2.08 bits per heavy atom. The molecule has 0 saturated carbocycles. The smallest absolute Gasteiger partial charge is 0.387 e. The van der Waals surface area contributed by atoms with Gasteiger partial charge in [-0.25, -0.2) is 4.79 Å². The molecule has 1 aromatic carbocycles. The molecule has 0 unspecified atom stereocenters. The van der Waals surface area contributed by atoms with Gasteiger partial charge in [-0.3, -0.25) is 9.59 Å². The first-order chi connectivity index (χ1) is 11.3. The van der Waals surface area contributed by atoms with Crippen molar-refractivity contribution < 1.29 is 32.6 Å². The molecule has 1 aliphatic heterocycles. The van der Waals surface area contributed by atoms with Crippen molar-refractivity contribution in [1.29, 1.82) is 0 Å². The second-order valence-electron chi connectivity index (χ2n) is 5.25. The minimum Gasteiger partial charge on any atom is -0.465 e. The maximum absolute atomic E-state index is 12.6. The normalized spacial score (nSPS) is 17.1. The first-order valence-electron chi connectivity index (χ1n) is 7.03. The van der Waals surface area contributed by atoms with E-state index in [4.69, 9.17) is 0 Å². The highest BCUT2D eigenvalue weighted by Crippen LogP contribution is 2.29. The van der Waals surface area contributed by atoms with Gasteiger partial charge in [-0.15, -0.1) is 0 Å². The molecule has 1 aromatic rings. The van der Waals surface area contributed by atoms with Crippen molar-refractivity contribution in [3.8, 4) is 5.75 Å². The number of hydrogen-bond donors (Lipinski definition) is 1. The zero-order valence-corrected chi connectivity index (χ0v) is 13.0. The van der Waals surface area contributed by atoms with E-state index in [9.17, 15) is 23.2 Å². The summed E-state index contributed by atoms with van der Waals surface area (Å²) in [7, 11) is 2.73. The molecule has 1 atom stereocenters. The standard InChI is InChI=1S/C15H16F2N2O5/c1-19-7-9(6-12(19)20)13(21)18-10-4-3-8(14(22)23-2)5-11(10)24-15(16)17/h3-5,9,15H,6-7H2,1-2H3,(H,18,21)/t9-/m1/s1. The number of esters is 1. The van der Waals surface area contributed by atoms with Crippen molar-refractivity contribution in [2.75, 3.05) is 26.0 Å². The van der Waals surface area contributed by atoms with Gasteiger partial charge in [-0.05, 0) is 18.2 Å². The van der Waals surface area contributed by atoms with Crippen molar-refractivity contribution in [2.24, 2.45) is 5.92 Å². The Hall–Kier alpha value is -2.71. The number of methoxy groups -OCH3 is 1. The average Bonchev–Trinajstić information content (AvgIpc) is 2.87. The number of anilines is 1. The lowest BCUT2D eigenvalue weighted by atomic mass is 10.1. The third kappa shape index (κ3) is 3.98. The zero-order valence-electron chi connectivity index (χ0n) is 13.0. The summed E-state index contributed by atoms with van der Waals surface area (Å²) >= 11 is 0. The van der Waals surface area contributed by atoms with Crippen molar-refractivity contribution in [3.05, 3.63) is 23.8 Å². The van der Waals surface area contributed by atoms with Gasteiger partial charge in [-0.1, -0.05) is 0 Å². The van der Waals surface area contributed by atoms with E-state index in [1.54, 1.807) is 7.05 Å². The highest BCUT2D eigenvalue weighted by molar-refractivity contribution is 5.99. The van der Waals surface area contributed by atoms with Crippen LogP contribution >= 0.6 is 0 Å². The molecule has 7 nitrogen and oxygen atoms in total. The number of carbonyl (C=O) groups excluding carboxylic acids is 3. The van der Waals surface area contributed by atoms with E-state index >= 15 is 0 Å². The molecule has 0 aliphatic carbocycles. The number of hydrogen-bond acceptors (Lipinski definition) is 5. The average molecular weight is 342 g/mol. The number of halogens is 2. The molecular weight excluding hydrogens is 326 g/mol. The number of rotatable bonds is 5. The molecule has 1 saturated heterocycles. The molecule has 9 heteroatoms. The number of likely N-dealkylation sites (tertiary alicyclic amines) is 1. The lowest BCUT2D eigenvalue weighted by Gasteiger charge is -2.15. The minimum atomic E-state index is -3.13. The topological polar surface area (TPSA) is 84.9 Å². The van der Waals surface area contributed by atoms with Crippen LogP contribution in [-0.2, 0) is 14.3 Å². The van der Waals surface area contributed by atoms with Crippen molar-refractivity contribution in [1.82, 2.24) is 4.90 Å². The van der Waals surface area contributed by atoms with E-state index < -0.39 is 24.4 Å². The first kappa shape index (κ1) is 17.6. The molecule has 130 valence electrons. The molecule has 0 radical (unpaired) electrons. The van der Waals surface area contributed by atoms with Gasteiger partial charge in [0.1, 0.15) is 5.75 Å². The third-order valence-corrected chi connectivity index (χ3v) is 3.59. The fourth-order valence-corrected chi connectivity index (χ4v) is 2.34. The number of alkyl halides is 2. The van der Waals surface area contributed by atoms with E-state index in [1.165, 1.54) is 17.0 Å². The van der Waals surface area contributed by atoms with Crippen LogP contribution < -0.4 is 10.1 Å². The molecule has 2 amide bonds. The van der Waals surface area contributed by atoms with Crippen LogP contribution in [0.15, 0.2) is 18.2 Å². The largest absolute Gasteiger partial charge is 0.465 e. The summed E-state index contributed by atoms with van der Waals surface area (Å²) in [5.41, 5.74) is -0.0168. The number of benzene rings is 1. The van der Waals surface area contributed by atoms with Crippen LogP contribution in [0.2, 0.25) is 0 Å². The van der Waals surface area contributed by atoms with E-state index in [0.29, 0.717) is 0 Å². The fourth-order valence-electron chi connectivity index (χ4n) is 2.34. The van der Waals surface area contributed by atoms with Gasteiger partial charge in [0, 0.05) is 20.0 Å². The Morgan fingerprint density at radius 1 is 1.38 bits per heavy atom. The number of carbonyl (C=O) groups is 3. The van der Waals surface area contributed by atoms with Crippen LogP contribution in [0, 0.1) is 5.92 Å². The van der Waals surface area contributed by atoms with Crippen molar-refractivity contribution >= 4 is 23.5 Å². The van der Waals surface area contributed by atoms with Crippen LogP contribution in [0.5, 0.6) is 5.75 Å². The highest BCUT2D eigenvalue weighted by Gasteiger charge is 2.32. The van der Waals surface area contributed by atoms with Gasteiger partial charge in [-0.2, -0.15) is 8.78 Å². The zero-order chi connectivity index (χ0) is 17.9. The summed E-state index contributed by atoms with van der Waals surface area (Å²) in [4.78, 5) is 36.6. The Kier molecular flexibility index (Phi) is 5.32. The summed E-state index contributed by atoms with van der Waals surface area (Å²) in [6.45, 7) is -2.89. The van der Waals surface area contributed by atoms with Crippen LogP contribution in [0.4, 0.5) is 14.5 Å². The Labute approximate surface area is 136 Å². The van der Waals surface area contributed by atoms with Crippen molar-refractivity contribution in [2.45, 2.75) is 13.0 Å². The monoisotopic (exact) mass is 342 g/mol. The number of ether oxygens (including phenoxy) is 2. The molecule has 1 heterocycles. The fraction of sp³-hybridized carbons (Fsp3) is 0.400. The summed E-state index contributed by atoms with van der Waals surface area (Å²) in [5, 5.41) is 2.45. The molecule has 1 N–H and O–H groups in total. The molecule has 2 rings (SSSR count). The van der Waals surface area contributed by atoms with E-state index in [0.717, 1.165) is 13.2 Å². The summed E-state index contributed by atoms with van der Waals surface area (Å²) in [5.74, 6) is -2.33. The number of nitrogens with zero attached hydrogens (tertiary/aromatic N) is 1. The molecule has 0 spiro atoms. The van der Waals surface area contributed by atoms with Crippen LogP contribution in [-0.4, -0.2) is 50.0 Å². The Bertz CT molecular complexity index is 665. The quantitative estimate of drug-likeness (QED) is 0.820. The second kappa shape index (κ2) is 7.24. The van der Waals surface area contributed by atoms with Gasteiger partial charge in [0.05, 0.1) is 24.3 Å². The van der Waals surface area contributed by atoms with Gasteiger partial charge < -0.3 is 19.7 Å². The lowest BCUT2D eigenvalue weighted by Crippen LogP contribution is -2.26. The summed E-state index contributed by atoms with van der Waals surface area (Å²) in [6.07, 6.45) is 0.0492. The Balaban J connectivity index is 2.20. The van der Waals surface area contributed by atoms with Gasteiger partial charge in [0.25, 0.3) is 0 Å². The lowest BCUT2D eigenvalue weighted by molar-refractivity contribution is -0.127. The van der Waals surface area contributed by atoms with E-state index in [1.807, 2.05) is 0 Å². The van der Waals surface area contributed by atoms with Crippen LogP contribution in [0.3, 0.4) is 0 Å². The molecule has 0 bridgehead atoms. The Morgan fingerprint density at radius 3 is 2.62 bits per heavy atom. The first-order valence-corrected chi connectivity index (χ1v) is 7.03. The summed E-state index contributed by atoms with van der Waals surface area (Å²) in [6, 6.07) is 3.63. The predicted molar refractivity (Wildman–Crippen MR) is 78.8 cm³/mol. The van der Waals surface area contributed by atoms with Gasteiger partial charge in [0.2, 0.25) is 11.8 Å². The van der Waals surface area contributed by atoms with E-state index in [2.05, 4.69) is 14.8 Å². The molecule has 1 fully saturated rings. The minimum absolute atomic E-state index is 0.00178. The molecule has 24 heavy (non-hydrogen) atoms. The SMILES string of the molecule is COC(=O)c1ccc(NC(=O)[C@@H]2CC(=O)N(C)C2)c(OC(F)F)c1. The highest BCUT2D eigenvalue weighted by atomic mass is 19.3. The van der Waals surface area contributed by atoms with Gasteiger partial charge in [0.15, 0.2) is 0 Å². The number of amides is 2. The number of nitrogens with one attached hydrogen (secondary N) is 1. The second-order valence-corrected chi connectivity index (χ2v) is 5.25. The maximum atomic E-state index is 12.6. The predicted octanol–water partition coefficient (Wildman–Crippen LogP) is 1.49. The van der Waals surface area contributed by atoms with Gasteiger partial charge >= 0.3 is 12.6 Å². The third-order valence-electron chi connectivity index (χ3n) is 3.59. The van der Waals surface area contributed by atoms with Crippen LogP contribution in [0.25, 0.3) is 0 Å². The maximum Gasteiger partial charge on any atom is 0.387 e. The molecular formula is C15H16F2N2O5. The van der Waals surface area contributed by atoms with Crippen molar-refractivity contribution in [3.63, 3.8) is 0 Å². The van der Waals surface area contributed by atoms with E-state index in [-0.39, 0.29) is 35.9 Å². The van der Waals surface area contributed by atoms with Crippen LogP contribution in [0.1, 0.15) is 16.8 Å². The summed E-state index contributed by atoms with van der Waals surface area (Å²) < 4.78 is 34.0. The molecule has 1 aliphatic rings.